The van der Waals surface area contributed by atoms with Crippen LogP contribution in [-0.4, -0.2) is 32.0 Å². The molecule has 0 saturated heterocycles. The lowest BCUT2D eigenvalue weighted by Gasteiger charge is -2.10. The molecule has 1 heterocycles. The first-order chi connectivity index (χ1) is 13.4. The Morgan fingerprint density at radius 3 is 2.32 bits per heavy atom. The van der Waals surface area contributed by atoms with Gasteiger partial charge in [0.05, 0.1) is 17.7 Å². The predicted molar refractivity (Wildman–Crippen MR) is 109 cm³/mol. The molecule has 0 spiro atoms. The van der Waals surface area contributed by atoms with Crippen molar-refractivity contribution in [2.75, 3.05) is 19.0 Å². The van der Waals surface area contributed by atoms with Crippen LogP contribution in [0.4, 0.5) is 5.95 Å². The second kappa shape index (κ2) is 8.37. The molecule has 3 N–H and O–H groups in total. The van der Waals surface area contributed by atoms with Gasteiger partial charge in [-0.3, -0.25) is 0 Å². The predicted octanol–water partition coefficient (Wildman–Crippen LogP) is 2.76. The van der Waals surface area contributed by atoms with Crippen molar-refractivity contribution >= 4 is 16.0 Å². The number of nitrogens with two attached hydrogens (primary N) is 1. The highest BCUT2D eigenvalue weighted by Gasteiger charge is 2.08. The van der Waals surface area contributed by atoms with Gasteiger partial charge in [0.1, 0.15) is 5.75 Å². The fourth-order valence-electron chi connectivity index (χ4n) is 2.77. The lowest BCUT2D eigenvalue weighted by Crippen LogP contribution is -2.12. The summed E-state index contributed by atoms with van der Waals surface area (Å²) in [5, 5.41) is 8.29. The highest BCUT2D eigenvalue weighted by atomic mass is 32.2. The van der Waals surface area contributed by atoms with Crippen LogP contribution >= 0.6 is 0 Å². The molecule has 7 nitrogen and oxygen atoms in total. The molecule has 1 aromatic heterocycles. The Hall–Kier alpha value is -2.97. The van der Waals surface area contributed by atoms with Crippen LogP contribution in [0.2, 0.25) is 0 Å². The molecule has 2 aromatic carbocycles. The maximum Gasteiger partial charge on any atom is 0.238 e. The second-order valence-corrected chi connectivity index (χ2v) is 7.85. The fourth-order valence-corrected chi connectivity index (χ4v) is 3.29. The van der Waals surface area contributed by atoms with E-state index in [-0.39, 0.29) is 4.90 Å². The lowest BCUT2D eigenvalue weighted by molar-refractivity contribution is 0.415. The highest BCUT2D eigenvalue weighted by Crippen LogP contribution is 2.24. The Morgan fingerprint density at radius 2 is 1.75 bits per heavy atom. The first-order valence-corrected chi connectivity index (χ1v) is 10.2. The third-order valence-electron chi connectivity index (χ3n) is 4.33. The van der Waals surface area contributed by atoms with Crippen LogP contribution in [0.1, 0.15) is 11.3 Å². The minimum atomic E-state index is -3.66. The molecule has 0 bridgehead atoms. The molecule has 0 aliphatic rings. The van der Waals surface area contributed by atoms with Crippen LogP contribution in [0.3, 0.4) is 0 Å². The number of aryl methyl sites for hydroxylation is 1. The van der Waals surface area contributed by atoms with Crippen molar-refractivity contribution in [2.45, 2.75) is 18.2 Å². The minimum absolute atomic E-state index is 0.109. The van der Waals surface area contributed by atoms with Gasteiger partial charge in [-0.25, -0.2) is 23.5 Å². The molecular formula is C20H22N4O3S. The summed E-state index contributed by atoms with van der Waals surface area (Å²) in [5.74, 6) is 1.36. The van der Waals surface area contributed by atoms with E-state index in [1.54, 1.807) is 25.4 Å². The van der Waals surface area contributed by atoms with Gasteiger partial charge in [0.25, 0.3) is 0 Å². The summed E-state index contributed by atoms with van der Waals surface area (Å²) in [6.45, 7) is 2.56. The summed E-state index contributed by atoms with van der Waals surface area (Å²) in [4.78, 5) is 9.02. The molecule has 0 aliphatic carbocycles. The largest absolute Gasteiger partial charge is 0.497 e. The van der Waals surface area contributed by atoms with E-state index in [4.69, 9.17) is 9.88 Å². The number of primary sulfonamides is 1. The number of ether oxygens (including phenoxy) is 1. The van der Waals surface area contributed by atoms with Gasteiger partial charge in [-0.05, 0) is 48.7 Å². The van der Waals surface area contributed by atoms with Crippen molar-refractivity contribution in [1.82, 2.24) is 9.97 Å². The SMILES string of the molecule is COc1ccc(-c2cnc(NCCc3ccc(S(N)(=O)=O)cc3)nc2C)cc1. The number of sulfonamides is 1. The van der Waals surface area contributed by atoms with Gasteiger partial charge in [-0.2, -0.15) is 0 Å². The van der Waals surface area contributed by atoms with Crippen molar-refractivity contribution in [2.24, 2.45) is 5.14 Å². The molecule has 0 amide bonds. The summed E-state index contributed by atoms with van der Waals surface area (Å²) >= 11 is 0. The quantitative estimate of drug-likeness (QED) is 0.634. The van der Waals surface area contributed by atoms with Crippen LogP contribution in [0.25, 0.3) is 11.1 Å². The smallest absolute Gasteiger partial charge is 0.238 e. The zero-order valence-corrected chi connectivity index (χ0v) is 16.5. The number of hydrogen-bond donors (Lipinski definition) is 2. The van der Waals surface area contributed by atoms with E-state index in [1.807, 2.05) is 31.2 Å². The topological polar surface area (TPSA) is 107 Å². The average Bonchev–Trinajstić information content (AvgIpc) is 2.68. The van der Waals surface area contributed by atoms with E-state index < -0.39 is 10.0 Å². The van der Waals surface area contributed by atoms with Gasteiger partial charge in [0, 0.05) is 18.3 Å². The maximum absolute atomic E-state index is 11.3. The molecule has 0 radical (unpaired) electrons. The summed E-state index contributed by atoms with van der Waals surface area (Å²) < 4.78 is 27.7. The summed E-state index contributed by atoms with van der Waals surface area (Å²) in [7, 11) is -2.02. The first-order valence-electron chi connectivity index (χ1n) is 8.70. The average molecular weight is 398 g/mol. The van der Waals surface area contributed by atoms with Crippen molar-refractivity contribution < 1.29 is 13.2 Å². The van der Waals surface area contributed by atoms with E-state index in [0.717, 1.165) is 28.1 Å². The van der Waals surface area contributed by atoms with Crippen LogP contribution in [0.15, 0.2) is 59.6 Å². The molecular weight excluding hydrogens is 376 g/mol. The van der Waals surface area contributed by atoms with Crippen molar-refractivity contribution in [1.29, 1.82) is 0 Å². The summed E-state index contributed by atoms with van der Waals surface area (Å²) in [5.41, 5.74) is 3.86. The zero-order chi connectivity index (χ0) is 20.1. The lowest BCUT2D eigenvalue weighted by atomic mass is 10.1. The Morgan fingerprint density at radius 1 is 1.07 bits per heavy atom. The molecule has 28 heavy (non-hydrogen) atoms. The van der Waals surface area contributed by atoms with Crippen LogP contribution in [-0.2, 0) is 16.4 Å². The second-order valence-electron chi connectivity index (χ2n) is 6.29. The standard InChI is InChI=1S/C20H22N4O3S/c1-14-19(16-5-7-17(27-2)8-6-16)13-23-20(24-14)22-12-11-15-3-9-18(10-4-15)28(21,25)26/h3-10,13H,11-12H2,1-2H3,(H2,21,25,26)(H,22,23,24). The van der Waals surface area contributed by atoms with Gasteiger partial charge in [-0.15, -0.1) is 0 Å². The summed E-state index contributed by atoms with van der Waals surface area (Å²) in [6, 6.07) is 14.3. The normalized spacial score (nSPS) is 11.2. The number of hydrogen-bond acceptors (Lipinski definition) is 6. The number of benzene rings is 2. The van der Waals surface area contributed by atoms with E-state index >= 15 is 0 Å². The molecule has 0 unspecified atom stereocenters. The third-order valence-corrected chi connectivity index (χ3v) is 5.26. The minimum Gasteiger partial charge on any atom is -0.497 e. The fraction of sp³-hybridized carbons (Fsp3) is 0.200. The van der Waals surface area contributed by atoms with E-state index in [1.165, 1.54) is 12.1 Å². The molecule has 0 atom stereocenters. The van der Waals surface area contributed by atoms with Crippen LogP contribution in [0, 0.1) is 6.92 Å². The number of nitrogens with zero attached hydrogens (tertiary/aromatic N) is 2. The van der Waals surface area contributed by atoms with Crippen LogP contribution in [0.5, 0.6) is 5.75 Å². The number of anilines is 1. The van der Waals surface area contributed by atoms with Crippen molar-refractivity contribution in [3.8, 4) is 16.9 Å². The molecule has 3 aromatic rings. The number of aromatic nitrogens is 2. The van der Waals surface area contributed by atoms with Gasteiger partial charge >= 0.3 is 0 Å². The van der Waals surface area contributed by atoms with Gasteiger partial charge in [-0.1, -0.05) is 24.3 Å². The highest BCUT2D eigenvalue weighted by molar-refractivity contribution is 7.89. The maximum atomic E-state index is 11.3. The molecule has 146 valence electrons. The third kappa shape index (κ3) is 4.85. The Kier molecular flexibility index (Phi) is 5.91. The monoisotopic (exact) mass is 398 g/mol. The summed E-state index contributed by atoms with van der Waals surface area (Å²) in [6.07, 6.45) is 2.50. The Balaban J connectivity index is 1.61. The molecule has 0 aliphatic heterocycles. The van der Waals surface area contributed by atoms with E-state index in [9.17, 15) is 8.42 Å². The zero-order valence-electron chi connectivity index (χ0n) is 15.7. The Labute approximate surface area is 164 Å². The van der Waals surface area contributed by atoms with E-state index in [0.29, 0.717) is 18.9 Å². The molecule has 0 saturated carbocycles. The number of rotatable bonds is 7. The molecule has 3 rings (SSSR count). The molecule has 8 heteroatoms. The van der Waals surface area contributed by atoms with E-state index in [2.05, 4.69) is 15.3 Å². The Bertz CT molecular complexity index is 1050. The van der Waals surface area contributed by atoms with Gasteiger partial charge in [0.15, 0.2) is 0 Å². The first kappa shape index (κ1) is 19.8. The molecule has 0 fully saturated rings. The number of methoxy groups -OCH3 is 1. The van der Waals surface area contributed by atoms with Crippen molar-refractivity contribution in [3.63, 3.8) is 0 Å². The number of nitrogens with one attached hydrogen (secondary N) is 1. The van der Waals surface area contributed by atoms with Crippen molar-refractivity contribution in [3.05, 3.63) is 66.0 Å². The van der Waals surface area contributed by atoms with Crippen LogP contribution < -0.4 is 15.2 Å². The van der Waals surface area contributed by atoms with Gasteiger partial charge in [0.2, 0.25) is 16.0 Å². The van der Waals surface area contributed by atoms with Gasteiger partial charge < -0.3 is 10.1 Å².